The highest BCUT2D eigenvalue weighted by atomic mass is 35.5. The fourth-order valence-electron chi connectivity index (χ4n) is 3.74. The first-order valence-electron chi connectivity index (χ1n) is 11.9. The maximum absolute atomic E-state index is 13.9. The molecule has 1 atom stereocenters. The van der Waals surface area contributed by atoms with Crippen LogP contribution in [0.3, 0.4) is 0 Å². The van der Waals surface area contributed by atoms with Gasteiger partial charge in [0.2, 0.25) is 11.8 Å². The predicted octanol–water partition coefficient (Wildman–Crippen LogP) is 6.44. The molecule has 0 spiro atoms. The number of hydrogen-bond acceptors (Lipinski definition) is 4. The van der Waals surface area contributed by atoms with E-state index in [1.54, 1.807) is 51.1 Å². The third kappa shape index (κ3) is 7.80. The van der Waals surface area contributed by atoms with Crippen molar-refractivity contribution in [3.05, 3.63) is 92.4 Å². The van der Waals surface area contributed by atoms with Gasteiger partial charge in [0.05, 0.1) is 15.6 Å². The number of nitrogens with zero attached hydrogens (tertiary/aromatic N) is 2. The van der Waals surface area contributed by atoms with Gasteiger partial charge in [0.25, 0.3) is 10.0 Å². The molecule has 3 aromatic rings. The van der Waals surface area contributed by atoms with Crippen molar-refractivity contribution in [2.75, 3.05) is 10.8 Å². The largest absolute Gasteiger partial charge is 0.352 e. The minimum Gasteiger partial charge on any atom is -0.352 e. The summed E-state index contributed by atoms with van der Waals surface area (Å²) in [6, 6.07) is 15.6. The molecular formula is C27H27Cl4N3O4S. The van der Waals surface area contributed by atoms with Crippen molar-refractivity contribution in [2.45, 2.75) is 44.3 Å². The molecule has 1 N–H and O–H groups in total. The van der Waals surface area contributed by atoms with Gasteiger partial charge in [0.15, 0.2) is 0 Å². The summed E-state index contributed by atoms with van der Waals surface area (Å²) in [6.07, 6.45) is 0. The molecule has 0 aliphatic carbocycles. The van der Waals surface area contributed by atoms with Crippen LogP contribution in [0.15, 0.2) is 71.6 Å². The van der Waals surface area contributed by atoms with Crippen LogP contribution in [-0.4, -0.2) is 43.8 Å². The lowest BCUT2D eigenvalue weighted by Gasteiger charge is -2.32. The van der Waals surface area contributed by atoms with Crippen LogP contribution in [0.1, 0.15) is 26.3 Å². The Morgan fingerprint density at radius 1 is 0.846 bits per heavy atom. The molecule has 208 valence electrons. The van der Waals surface area contributed by atoms with Gasteiger partial charge >= 0.3 is 0 Å². The normalized spacial score (nSPS) is 12.2. The summed E-state index contributed by atoms with van der Waals surface area (Å²) in [5.74, 6) is -1.07. The molecule has 0 saturated heterocycles. The maximum Gasteiger partial charge on any atom is 0.264 e. The molecule has 0 unspecified atom stereocenters. The van der Waals surface area contributed by atoms with Crippen LogP contribution >= 0.6 is 46.4 Å². The van der Waals surface area contributed by atoms with E-state index in [2.05, 4.69) is 5.32 Å². The Morgan fingerprint density at radius 2 is 1.44 bits per heavy atom. The molecule has 0 fully saturated rings. The fraction of sp³-hybridized carbons (Fsp3) is 0.259. The summed E-state index contributed by atoms with van der Waals surface area (Å²) in [5, 5.41) is 3.83. The van der Waals surface area contributed by atoms with Gasteiger partial charge in [-0.25, -0.2) is 8.42 Å². The molecule has 0 heterocycles. The summed E-state index contributed by atoms with van der Waals surface area (Å²) >= 11 is 24.9. The van der Waals surface area contributed by atoms with E-state index in [-0.39, 0.29) is 28.2 Å². The number of nitrogens with one attached hydrogen (secondary N) is 1. The molecule has 39 heavy (non-hydrogen) atoms. The number of carbonyl (C=O) groups excluding carboxylic acids is 2. The predicted molar refractivity (Wildman–Crippen MR) is 157 cm³/mol. The number of sulfonamides is 1. The van der Waals surface area contributed by atoms with E-state index < -0.39 is 34.4 Å². The van der Waals surface area contributed by atoms with Gasteiger partial charge in [-0.2, -0.15) is 0 Å². The molecule has 0 bridgehead atoms. The van der Waals surface area contributed by atoms with Gasteiger partial charge in [-0.15, -0.1) is 0 Å². The van der Waals surface area contributed by atoms with Crippen LogP contribution in [0.25, 0.3) is 0 Å². The topological polar surface area (TPSA) is 86.8 Å². The summed E-state index contributed by atoms with van der Waals surface area (Å²) in [4.78, 5) is 28.1. The number of halogens is 4. The lowest BCUT2D eigenvalue weighted by molar-refractivity contribution is -0.139. The van der Waals surface area contributed by atoms with Crippen LogP contribution < -0.4 is 9.62 Å². The molecule has 3 rings (SSSR count). The van der Waals surface area contributed by atoms with Gasteiger partial charge in [-0.3, -0.25) is 13.9 Å². The van der Waals surface area contributed by atoms with Crippen molar-refractivity contribution in [3.8, 4) is 0 Å². The second kappa shape index (κ2) is 13.2. The first kappa shape index (κ1) is 31.0. The molecule has 0 radical (unpaired) electrons. The average molecular weight is 631 g/mol. The minimum atomic E-state index is -4.26. The Bertz CT molecular complexity index is 1450. The number of rotatable bonds is 10. The monoisotopic (exact) mass is 629 g/mol. The van der Waals surface area contributed by atoms with E-state index in [1.807, 2.05) is 0 Å². The molecule has 0 aliphatic rings. The van der Waals surface area contributed by atoms with Crippen molar-refractivity contribution in [1.82, 2.24) is 10.2 Å². The SMILES string of the molecule is CC(C)NC(=O)[C@@H](C)N(Cc1ccc(Cl)cc1Cl)C(=O)CN(c1ccc(Cl)cc1Cl)S(=O)(=O)c1ccccc1. The van der Waals surface area contributed by atoms with Gasteiger partial charge in [-0.1, -0.05) is 70.7 Å². The van der Waals surface area contributed by atoms with E-state index in [0.29, 0.717) is 20.6 Å². The quantitative estimate of drug-likeness (QED) is 0.279. The van der Waals surface area contributed by atoms with Crippen LogP contribution in [0.2, 0.25) is 20.1 Å². The Balaban J connectivity index is 2.08. The third-order valence-electron chi connectivity index (χ3n) is 5.74. The Hall–Kier alpha value is -2.49. The zero-order valence-corrected chi connectivity index (χ0v) is 25.2. The van der Waals surface area contributed by atoms with E-state index in [4.69, 9.17) is 46.4 Å². The van der Waals surface area contributed by atoms with Gasteiger partial charge < -0.3 is 10.2 Å². The van der Waals surface area contributed by atoms with Crippen molar-refractivity contribution >= 4 is 73.9 Å². The van der Waals surface area contributed by atoms with Gasteiger partial charge in [0.1, 0.15) is 12.6 Å². The second-order valence-corrected chi connectivity index (χ2v) is 12.6. The summed E-state index contributed by atoms with van der Waals surface area (Å²) in [7, 11) is -4.26. The standard InChI is InChI=1S/C27H27Cl4N3O4S/c1-17(2)32-27(36)18(3)33(15-19-9-10-20(28)13-23(19)30)26(35)16-34(25-12-11-21(29)14-24(25)31)39(37,38)22-7-5-4-6-8-22/h4-14,17-18H,15-16H2,1-3H3,(H,32,36)/t18-/m1/s1. The molecule has 2 amide bonds. The summed E-state index contributed by atoms with van der Waals surface area (Å²) < 4.78 is 28.5. The molecule has 0 aromatic heterocycles. The Labute approximate surface area is 248 Å². The molecular weight excluding hydrogens is 604 g/mol. The second-order valence-electron chi connectivity index (χ2n) is 9.02. The molecule has 3 aromatic carbocycles. The lowest BCUT2D eigenvalue weighted by Crippen LogP contribution is -2.52. The van der Waals surface area contributed by atoms with E-state index in [9.17, 15) is 18.0 Å². The number of benzene rings is 3. The number of hydrogen-bond donors (Lipinski definition) is 1. The molecule has 12 heteroatoms. The zero-order chi connectivity index (χ0) is 28.9. The molecule has 0 aliphatic heterocycles. The van der Waals surface area contributed by atoms with Crippen molar-refractivity contribution < 1.29 is 18.0 Å². The third-order valence-corrected chi connectivity index (χ3v) is 8.64. The van der Waals surface area contributed by atoms with Crippen LogP contribution in [0.5, 0.6) is 0 Å². The molecule has 7 nitrogen and oxygen atoms in total. The number of anilines is 1. The zero-order valence-electron chi connectivity index (χ0n) is 21.4. The van der Waals surface area contributed by atoms with Crippen LogP contribution in [0, 0.1) is 0 Å². The first-order valence-corrected chi connectivity index (χ1v) is 14.8. The highest BCUT2D eigenvalue weighted by molar-refractivity contribution is 7.92. The van der Waals surface area contributed by atoms with Crippen molar-refractivity contribution in [1.29, 1.82) is 0 Å². The summed E-state index contributed by atoms with van der Waals surface area (Å²) in [6.45, 7) is 4.43. The highest BCUT2D eigenvalue weighted by Crippen LogP contribution is 2.33. The van der Waals surface area contributed by atoms with Crippen LogP contribution in [-0.2, 0) is 26.2 Å². The van der Waals surface area contributed by atoms with Crippen LogP contribution in [0.4, 0.5) is 5.69 Å². The minimum absolute atomic E-state index is 0.0349. The Morgan fingerprint density at radius 3 is 2.00 bits per heavy atom. The maximum atomic E-state index is 13.9. The number of amides is 2. The van der Waals surface area contributed by atoms with Crippen molar-refractivity contribution in [3.63, 3.8) is 0 Å². The smallest absolute Gasteiger partial charge is 0.264 e. The van der Waals surface area contributed by atoms with Gasteiger partial charge in [-0.05, 0) is 68.8 Å². The fourth-order valence-corrected chi connectivity index (χ4v) is 6.22. The lowest BCUT2D eigenvalue weighted by atomic mass is 10.1. The summed E-state index contributed by atoms with van der Waals surface area (Å²) in [5.41, 5.74) is 0.586. The molecule has 0 saturated carbocycles. The van der Waals surface area contributed by atoms with E-state index in [1.165, 1.54) is 41.3 Å². The van der Waals surface area contributed by atoms with E-state index >= 15 is 0 Å². The van der Waals surface area contributed by atoms with Gasteiger partial charge in [0, 0.05) is 27.7 Å². The van der Waals surface area contributed by atoms with Crippen molar-refractivity contribution in [2.24, 2.45) is 0 Å². The first-order chi connectivity index (χ1) is 18.3. The van der Waals surface area contributed by atoms with E-state index in [0.717, 1.165) is 4.31 Å². The number of carbonyl (C=O) groups is 2. The highest BCUT2D eigenvalue weighted by Gasteiger charge is 2.33. The Kier molecular flexibility index (Phi) is 10.5. The average Bonchev–Trinajstić information content (AvgIpc) is 2.87.